The third kappa shape index (κ3) is 2.57. The summed E-state index contributed by atoms with van der Waals surface area (Å²) in [6.45, 7) is 2.93. The molecule has 0 bridgehead atoms. The maximum atomic E-state index is 8.69. The molecular formula is C20H20N4. The molecule has 4 heteroatoms. The normalized spacial score (nSPS) is 14.0. The molecule has 4 nitrogen and oxygen atoms in total. The van der Waals surface area contributed by atoms with Gasteiger partial charge in [-0.2, -0.15) is 5.26 Å². The Morgan fingerprint density at radius 2 is 1.88 bits per heavy atom. The predicted molar refractivity (Wildman–Crippen MR) is 95.1 cm³/mol. The van der Waals surface area contributed by atoms with Crippen molar-refractivity contribution in [3.63, 3.8) is 0 Å². The van der Waals surface area contributed by atoms with Crippen LogP contribution in [0.1, 0.15) is 24.0 Å². The van der Waals surface area contributed by atoms with E-state index in [1.807, 2.05) is 18.2 Å². The first kappa shape index (κ1) is 14.9. The number of aromatic nitrogens is 2. The van der Waals surface area contributed by atoms with E-state index in [4.69, 9.17) is 10.2 Å². The quantitative estimate of drug-likeness (QED) is 0.687. The van der Waals surface area contributed by atoms with E-state index in [9.17, 15) is 0 Å². The minimum absolute atomic E-state index is 0.636. The Morgan fingerprint density at radius 1 is 1.12 bits per heavy atom. The van der Waals surface area contributed by atoms with Crippen molar-refractivity contribution in [2.24, 2.45) is 7.05 Å². The Morgan fingerprint density at radius 3 is 2.62 bits per heavy atom. The highest BCUT2D eigenvalue weighted by molar-refractivity contribution is 5.82. The SMILES string of the molecule is Cn1c(-c2ccccc2)nc2cc3c(cc21)CN(CCCC#N)C3. The average molecular weight is 316 g/mol. The molecule has 4 rings (SSSR count). The van der Waals surface area contributed by atoms with Gasteiger partial charge in [0.05, 0.1) is 17.1 Å². The highest BCUT2D eigenvalue weighted by atomic mass is 15.1. The Balaban J connectivity index is 1.65. The first-order valence-electron chi connectivity index (χ1n) is 8.39. The van der Waals surface area contributed by atoms with Gasteiger partial charge in [0.1, 0.15) is 5.82 Å². The van der Waals surface area contributed by atoms with Crippen LogP contribution >= 0.6 is 0 Å². The van der Waals surface area contributed by atoms with Crippen molar-refractivity contribution in [2.45, 2.75) is 25.9 Å². The van der Waals surface area contributed by atoms with Crippen molar-refractivity contribution in [3.8, 4) is 17.5 Å². The second-order valence-electron chi connectivity index (χ2n) is 6.44. The molecule has 1 aromatic heterocycles. The average Bonchev–Trinajstić information content (AvgIpc) is 3.14. The number of aryl methyl sites for hydroxylation is 1. The van der Waals surface area contributed by atoms with Crippen molar-refractivity contribution in [1.82, 2.24) is 14.5 Å². The second kappa shape index (κ2) is 6.10. The maximum Gasteiger partial charge on any atom is 0.140 e. The lowest BCUT2D eigenvalue weighted by atomic mass is 10.1. The van der Waals surface area contributed by atoms with Crippen molar-refractivity contribution < 1.29 is 0 Å². The lowest BCUT2D eigenvalue weighted by Gasteiger charge is -2.12. The number of fused-ring (bicyclic) bond motifs is 2. The van der Waals surface area contributed by atoms with Crippen LogP contribution in [0.15, 0.2) is 42.5 Å². The molecule has 0 spiro atoms. The summed E-state index contributed by atoms with van der Waals surface area (Å²) in [5.74, 6) is 1.01. The summed E-state index contributed by atoms with van der Waals surface area (Å²) in [7, 11) is 2.09. The van der Waals surface area contributed by atoms with Crippen LogP contribution in [-0.2, 0) is 20.1 Å². The molecular weight excluding hydrogens is 296 g/mol. The van der Waals surface area contributed by atoms with Gasteiger partial charge in [-0.25, -0.2) is 4.98 Å². The summed E-state index contributed by atoms with van der Waals surface area (Å²) in [6, 6.07) is 17.1. The number of benzene rings is 2. The van der Waals surface area contributed by atoms with Crippen LogP contribution < -0.4 is 0 Å². The molecule has 2 aromatic carbocycles. The number of rotatable bonds is 4. The molecule has 120 valence electrons. The van der Waals surface area contributed by atoms with Gasteiger partial charge in [-0.1, -0.05) is 30.3 Å². The summed E-state index contributed by atoms with van der Waals surface area (Å²) in [6.07, 6.45) is 1.58. The minimum Gasteiger partial charge on any atom is -0.327 e. The Kier molecular flexibility index (Phi) is 3.79. The van der Waals surface area contributed by atoms with E-state index in [1.165, 1.54) is 16.6 Å². The van der Waals surface area contributed by atoms with Gasteiger partial charge in [-0.15, -0.1) is 0 Å². The first-order valence-corrected chi connectivity index (χ1v) is 8.39. The van der Waals surface area contributed by atoms with Crippen LogP contribution in [0.25, 0.3) is 22.4 Å². The summed E-state index contributed by atoms with van der Waals surface area (Å²) in [5, 5.41) is 8.69. The van der Waals surface area contributed by atoms with Gasteiger partial charge in [0.15, 0.2) is 0 Å². The zero-order valence-electron chi connectivity index (χ0n) is 13.9. The molecule has 0 N–H and O–H groups in total. The summed E-state index contributed by atoms with van der Waals surface area (Å²) >= 11 is 0. The molecule has 0 fully saturated rings. The minimum atomic E-state index is 0.636. The number of hydrogen-bond acceptors (Lipinski definition) is 3. The number of nitriles is 1. The van der Waals surface area contributed by atoms with Gasteiger partial charge in [-0.05, 0) is 36.2 Å². The molecule has 0 amide bonds. The molecule has 0 unspecified atom stereocenters. The Hall–Kier alpha value is -2.64. The van der Waals surface area contributed by atoms with Gasteiger partial charge in [0, 0.05) is 32.1 Å². The van der Waals surface area contributed by atoms with E-state index in [-0.39, 0.29) is 0 Å². The fourth-order valence-corrected chi connectivity index (χ4v) is 3.54. The Bertz CT molecular complexity index is 918. The van der Waals surface area contributed by atoms with Gasteiger partial charge in [-0.3, -0.25) is 4.90 Å². The standard InChI is InChI=1S/C20H20N4/c1-23-19-12-17-14-24(10-6-5-9-21)13-16(17)11-18(19)22-20(23)15-7-3-2-4-8-15/h2-4,7-8,11-12H,5-6,10,13-14H2,1H3. The lowest BCUT2D eigenvalue weighted by molar-refractivity contribution is 0.281. The molecule has 0 saturated heterocycles. The van der Waals surface area contributed by atoms with Gasteiger partial charge >= 0.3 is 0 Å². The molecule has 1 aliphatic heterocycles. The van der Waals surface area contributed by atoms with E-state index < -0.39 is 0 Å². The van der Waals surface area contributed by atoms with Crippen LogP contribution in [0, 0.1) is 11.3 Å². The van der Waals surface area contributed by atoms with Crippen molar-refractivity contribution >= 4 is 11.0 Å². The van der Waals surface area contributed by atoms with Crippen LogP contribution in [0.5, 0.6) is 0 Å². The molecule has 0 saturated carbocycles. The molecule has 24 heavy (non-hydrogen) atoms. The van der Waals surface area contributed by atoms with E-state index >= 15 is 0 Å². The van der Waals surface area contributed by atoms with E-state index in [1.54, 1.807) is 0 Å². The number of imidazole rings is 1. The fraction of sp³-hybridized carbons (Fsp3) is 0.300. The second-order valence-corrected chi connectivity index (χ2v) is 6.44. The highest BCUT2D eigenvalue weighted by Crippen LogP contribution is 2.30. The highest BCUT2D eigenvalue weighted by Gasteiger charge is 2.21. The van der Waals surface area contributed by atoms with Gasteiger partial charge in [0.2, 0.25) is 0 Å². The first-order chi connectivity index (χ1) is 11.8. The molecule has 0 aliphatic carbocycles. The number of nitrogens with zero attached hydrogens (tertiary/aromatic N) is 4. The van der Waals surface area contributed by atoms with Crippen molar-refractivity contribution in [2.75, 3.05) is 6.54 Å². The summed E-state index contributed by atoms with van der Waals surface area (Å²) in [4.78, 5) is 7.28. The van der Waals surface area contributed by atoms with Crippen molar-refractivity contribution in [3.05, 3.63) is 53.6 Å². The third-order valence-corrected chi connectivity index (χ3v) is 4.79. The van der Waals surface area contributed by atoms with Gasteiger partial charge in [0.25, 0.3) is 0 Å². The van der Waals surface area contributed by atoms with Crippen LogP contribution in [0.3, 0.4) is 0 Å². The maximum absolute atomic E-state index is 8.69. The predicted octanol–water partition coefficient (Wildman–Crippen LogP) is 3.86. The van der Waals surface area contributed by atoms with Crippen LogP contribution in [0.4, 0.5) is 0 Å². The third-order valence-electron chi connectivity index (χ3n) is 4.79. The Labute approximate surface area is 142 Å². The molecule has 0 atom stereocenters. The summed E-state index contributed by atoms with van der Waals surface area (Å²) < 4.78 is 2.18. The van der Waals surface area contributed by atoms with Crippen LogP contribution in [0.2, 0.25) is 0 Å². The monoisotopic (exact) mass is 316 g/mol. The molecule has 3 aromatic rings. The fourth-order valence-electron chi connectivity index (χ4n) is 3.54. The zero-order chi connectivity index (χ0) is 16.5. The molecule has 0 radical (unpaired) electrons. The molecule has 2 heterocycles. The largest absolute Gasteiger partial charge is 0.327 e. The topological polar surface area (TPSA) is 44.9 Å². The van der Waals surface area contributed by atoms with E-state index in [0.717, 1.165) is 43.0 Å². The smallest absolute Gasteiger partial charge is 0.140 e. The van der Waals surface area contributed by atoms with E-state index in [2.05, 4.69) is 46.8 Å². The molecule has 1 aliphatic rings. The number of hydrogen-bond donors (Lipinski definition) is 0. The van der Waals surface area contributed by atoms with E-state index in [0.29, 0.717) is 6.42 Å². The zero-order valence-corrected chi connectivity index (χ0v) is 13.9. The van der Waals surface area contributed by atoms with Crippen LogP contribution in [-0.4, -0.2) is 21.0 Å². The summed E-state index contributed by atoms with van der Waals surface area (Å²) in [5.41, 5.74) is 6.16. The number of unbranched alkanes of at least 4 members (excludes halogenated alkanes) is 1. The lowest BCUT2D eigenvalue weighted by Crippen LogP contribution is -2.17. The van der Waals surface area contributed by atoms with Crippen molar-refractivity contribution in [1.29, 1.82) is 5.26 Å². The van der Waals surface area contributed by atoms with Gasteiger partial charge < -0.3 is 4.57 Å².